The minimum atomic E-state index is -0.243. The summed E-state index contributed by atoms with van der Waals surface area (Å²) in [5.74, 6) is 0.130. The number of hydrogen-bond donors (Lipinski definition) is 2. The molecule has 8 heteroatoms. The number of anilines is 2. The Morgan fingerprint density at radius 3 is 2.71 bits per heavy atom. The Morgan fingerprint density at radius 2 is 1.87 bits per heavy atom. The summed E-state index contributed by atoms with van der Waals surface area (Å²) < 4.78 is 0.708. The molecule has 3 N–H and O–H groups in total. The number of benzene rings is 2. The van der Waals surface area contributed by atoms with Gasteiger partial charge in [-0.15, -0.1) is 11.3 Å². The lowest BCUT2D eigenvalue weighted by Crippen LogP contribution is -2.12. The molecule has 0 saturated heterocycles. The number of pyridine rings is 1. The van der Waals surface area contributed by atoms with Crippen molar-refractivity contribution in [3.63, 3.8) is 0 Å². The molecule has 2 aromatic carbocycles. The molecule has 0 saturated carbocycles. The largest absolute Gasteiger partial charge is 0.382 e. The first-order valence-electron chi connectivity index (χ1n) is 9.50. The van der Waals surface area contributed by atoms with Crippen molar-refractivity contribution in [2.45, 2.75) is 6.42 Å². The zero-order valence-electron chi connectivity index (χ0n) is 16.2. The predicted molar refractivity (Wildman–Crippen MR) is 126 cm³/mol. The highest BCUT2D eigenvalue weighted by Gasteiger charge is 2.17. The van der Waals surface area contributed by atoms with Gasteiger partial charge in [-0.1, -0.05) is 35.9 Å². The molecule has 1 amide bonds. The zero-order valence-corrected chi connectivity index (χ0v) is 17.7. The average molecular weight is 446 g/mol. The van der Waals surface area contributed by atoms with Crippen molar-refractivity contribution in [3.8, 4) is 0 Å². The summed E-state index contributed by atoms with van der Waals surface area (Å²) in [5, 5.41) is 7.38. The summed E-state index contributed by atoms with van der Waals surface area (Å²) in [4.78, 5) is 25.8. The van der Waals surface area contributed by atoms with Crippen molar-refractivity contribution in [2.75, 3.05) is 11.1 Å². The molecule has 0 radical (unpaired) electrons. The lowest BCUT2D eigenvalue weighted by Gasteiger charge is -2.11. The van der Waals surface area contributed by atoms with Crippen molar-refractivity contribution in [2.24, 2.45) is 0 Å². The van der Waals surface area contributed by atoms with E-state index in [4.69, 9.17) is 17.3 Å². The molecule has 5 aromatic rings. The third-order valence-electron chi connectivity index (χ3n) is 5.05. The maximum atomic E-state index is 13.0. The maximum Gasteiger partial charge on any atom is 0.258 e. The molecular formula is C23H16ClN5OS. The third kappa shape index (κ3) is 3.69. The number of thiophene rings is 1. The number of halogens is 1. The van der Waals surface area contributed by atoms with Gasteiger partial charge >= 0.3 is 0 Å². The van der Waals surface area contributed by atoms with Crippen LogP contribution in [0, 0.1) is 0 Å². The first kappa shape index (κ1) is 19.4. The highest BCUT2D eigenvalue weighted by Crippen LogP contribution is 2.30. The number of carbonyl (C=O) groups excluding carboxylic acids is 1. The van der Waals surface area contributed by atoms with Crippen LogP contribution in [0.2, 0.25) is 5.02 Å². The molecule has 0 unspecified atom stereocenters. The van der Waals surface area contributed by atoms with Gasteiger partial charge in [-0.25, -0.2) is 9.97 Å². The molecule has 0 spiro atoms. The van der Waals surface area contributed by atoms with Crippen LogP contribution in [0.15, 0.2) is 66.4 Å². The van der Waals surface area contributed by atoms with Gasteiger partial charge in [0.25, 0.3) is 5.91 Å². The van der Waals surface area contributed by atoms with Crippen molar-refractivity contribution >= 4 is 61.3 Å². The Bertz CT molecular complexity index is 1430. The van der Waals surface area contributed by atoms with Gasteiger partial charge in [0, 0.05) is 39.5 Å². The molecule has 3 heterocycles. The maximum absolute atomic E-state index is 13.0. The Morgan fingerprint density at radius 1 is 1.03 bits per heavy atom. The van der Waals surface area contributed by atoms with Gasteiger partial charge in [0.1, 0.15) is 12.1 Å². The van der Waals surface area contributed by atoms with E-state index in [0.29, 0.717) is 38.7 Å². The van der Waals surface area contributed by atoms with Crippen LogP contribution in [-0.4, -0.2) is 20.9 Å². The van der Waals surface area contributed by atoms with Crippen LogP contribution in [0.25, 0.3) is 21.0 Å². The van der Waals surface area contributed by atoms with E-state index in [1.54, 1.807) is 11.6 Å². The van der Waals surface area contributed by atoms with E-state index in [2.05, 4.69) is 20.3 Å². The third-order valence-corrected chi connectivity index (χ3v) is 6.29. The van der Waals surface area contributed by atoms with Crippen LogP contribution in [0.3, 0.4) is 0 Å². The highest BCUT2D eigenvalue weighted by atomic mass is 35.5. The molecule has 5 rings (SSSR count). The number of hydrogen-bond acceptors (Lipinski definition) is 6. The summed E-state index contributed by atoms with van der Waals surface area (Å²) in [6.07, 6.45) is 3.79. The number of amides is 1. The van der Waals surface area contributed by atoms with E-state index < -0.39 is 0 Å². The molecule has 6 nitrogen and oxygen atoms in total. The van der Waals surface area contributed by atoms with Gasteiger partial charge in [0.05, 0.1) is 21.5 Å². The van der Waals surface area contributed by atoms with Crippen LogP contribution in [-0.2, 0) is 6.42 Å². The molecule has 0 aliphatic carbocycles. The van der Waals surface area contributed by atoms with E-state index in [9.17, 15) is 4.79 Å². The number of nitrogen functional groups attached to an aromatic ring is 1. The number of aromatic nitrogens is 3. The minimum absolute atomic E-state index is 0.243. The van der Waals surface area contributed by atoms with Gasteiger partial charge in [-0.2, -0.15) is 0 Å². The fourth-order valence-corrected chi connectivity index (χ4v) is 4.56. The normalized spacial score (nSPS) is 11.1. The number of carbonyl (C=O) groups is 1. The zero-order chi connectivity index (χ0) is 21.4. The SMILES string of the molecule is Nc1ncnc2c(C(=O)Nc3cccc4c(Cc5ccc(Cl)cc5)nccc34)csc12. The first-order valence-corrected chi connectivity index (χ1v) is 10.8. The van der Waals surface area contributed by atoms with Crippen molar-refractivity contribution in [3.05, 3.63) is 88.3 Å². The Hall–Kier alpha value is -3.55. The number of nitrogens with zero attached hydrogens (tertiary/aromatic N) is 3. The Labute approximate surface area is 186 Å². The van der Waals surface area contributed by atoms with E-state index in [1.807, 2.05) is 48.5 Å². The molecule has 0 aliphatic rings. The molecule has 152 valence electrons. The minimum Gasteiger partial charge on any atom is -0.382 e. The van der Waals surface area contributed by atoms with Gasteiger partial charge in [0.15, 0.2) is 0 Å². The molecule has 0 aliphatic heterocycles. The van der Waals surface area contributed by atoms with Gasteiger partial charge in [-0.3, -0.25) is 9.78 Å². The smallest absolute Gasteiger partial charge is 0.258 e. The number of fused-ring (bicyclic) bond motifs is 2. The summed E-state index contributed by atoms with van der Waals surface area (Å²) >= 11 is 7.35. The van der Waals surface area contributed by atoms with Crippen LogP contribution in [0.4, 0.5) is 11.5 Å². The lowest BCUT2D eigenvalue weighted by atomic mass is 10.0. The summed E-state index contributed by atoms with van der Waals surface area (Å²) in [7, 11) is 0. The average Bonchev–Trinajstić information content (AvgIpc) is 3.22. The standard InChI is InChI=1S/C23H16ClN5OS/c24-14-6-4-13(5-7-14)10-19-15-2-1-3-18(16(15)8-9-26-19)29-23(30)17-11-31-21-20(17)27-12-28-22(21)25/h1-9,11-12H,10H2,(H,29,30)(H2,25,27,28). The van der Waals surface area contributed by atoms with Crippen LogP contribution in [0.5, 0.6) is 0 Å². The second kappa shape index (κ2) is 7.94. The van der Waals surface area contributed by atoms with Crippen LogP contribution >= 0.6 is 22.9 Å². The Balaban J connectivity index is 1.49. The van der Waals surface area contributed by atoms with Crippen LogP contribution in [0.1, 0.15) is 21.6 Å². The molecule has 0 fully saturated rings. The van der Waals surface area contributed by atoms with Gasteiger partial charge in [-0.05, 0) is 29.8 Å². The summed E-state index contributed by atoms with van der Waals surface area (Å²) in [5.41, 5.74) is 9.68. The number of nitrogens with two attached hydrogens (primary N) is 1. The van der Waals surface area contributed by atoms with E-state index >= 15 is 0 Å². The van der Waals surface area contributed by atoms with Gasteiger partial charge < -0.3 is 11.1 Å². The van der Waals surface area contributed by atoms with Gasteiger partial charge in [0.2, 0.25) is 0 Å². The quantitative estimate of drug-likeness (QED) is 0.390. The van der Waals surface area contributed by atoms with Crippen molar-refractivity contribution < 1.29 is 4.79 Å². The van der Waals surface area contributed by atoms with Crippen molar-refractivity contribution in [1.82, 2.24) is 15.0 Å². The monoisotopic (exact) mass is 445 g/mol. The molecule has 0 atom stereocenters. The van der Waals surface area contributed by atoms with Crippen LogP contribution < -0.4 is 11.1 Å². The first-order chi connectivity index (χ1) is 15.1. The number of rotatable bonds is 4. The number of nitrogens with one attached hydrogen (secondary N) is 1. The lowest BCUT2D eigenvalue weighted by molar-refractivity contribution is 0.102. The molecule has 31 heavy (non-hydrogen) atoms. The summed E-state index contributed by atoms with van der Waals surface area (Å²) in [6.45, 7) is 0. The second-order valence-electron chi connectivity index (χ2n) is 7.00. The predicted octanol–water partition coefficient (Wildman–Crippen LogP) is 5.32. The van der Waals surface area contributed by atoms with E-state index in [-0.39, 0.29) is 5.91 Å². The second-order valence-corrected chi connectivity index (χ2v) is 8.32. The molecule has 3 aromatic heterocycles. The molecule has 0 bridgehead atoms. The molecular weight excluding hydrogens is 430 g/mol. The fourth-order valence-electron chi connectivity index (χ4n) is 3.53. The fraction of sp³-hybridized carbons (Fsp3) is 0.0435. The summed E-state index contributed by atoms with van der Waals surface area (Å²) in [6, 6.07) is 15.4. The highest BCUT2D eigenvalue weighted by molar-refractivity contribution is 7.18. The topological polar surface area (TPSA) is 93.8 Å². The van der Waals surface area contributed by atoms with Crippen molar-refractivity contribution in [1.29, 1.82) is 0 Å². The van der Waals surface area contributed by atoms with E-state index in [0.717, 1.165) is 22.0 Å². The Kier molecular flexibility index (Phi) is 4.97. The van der Waals surface area contributed by atoms with E-state index in [1.165, 1.54) is 17.7 Å².